The summed E-state index contributed by atoms with van der Waals surface area (Å²) in [5, 5.41) is 3.16. The lowest BCUT2D eigenvalue weighted by Crippen LogP contribution is -2.26. The molecule has 1 unspecified atom stereocenters. The minimum absolute atomic E-state index is 0.165. The molecule has 0 bridgehead atoms. The van der Waals surface area contributed by atoms with E-state index in [0.717, 1.165) is 11.4 Å². The summed E-state index contributed by atoms with van der Waals surface area (Å²) in [6, 6.07) is 50.5. The van der Waals surface area contributed by atoms with Gasteiger partial charge in [0.1, 0.15) is 0 Å². The van der Waals surface area contributed by atoms with E-state index >= 15 is 0 Å². The van der Waals surface area contributed by atoms with Gasteiger partial charge in [0, 0.05) is 7.05 Å². The lowest BCUT2D eigenvalue weighted by Gasteiger charge is -2.35. The highest BCUT2D eigenvalue weighted by molar-refractivity contribution is 5.83. The fourth-order valence-electron chi connectivity index (χ4n) is 7.80. The van der Waals surface area contributed by atoms with Gasteiger partial charge in [-0.1, -0.05) is 178 Å². The van der Waals surface area contributed by atoms with Gasteiger partial charge >= 0.3 is 0 Å². The van der Waals surface area contributed by atoms with Gasteiger partial charge in [-0.25, -0.2) is 0 Å². The van der Waals surface area contributed by atoms with Crippen molar-refractivity contribution >= 4 is 11.4 Å². The average Bonchev–Trinajstić information content (AvgIpc) is 3.21. The van der Waals surface area contributed by atoms with Gasteiger partial charge in [-0.2, -0.15) is 0 Å². The number of fused-ring (bicyclic) bond motifs is 1. The highest BCUT2D eigenvalue weighted by Crippen LogP contribution is 2.43. The van der Waals surface area contributed by atoms with Crippen LogP contribution in [-0.2, 0) is 11.8 Å². The molecule has 3 N–H and O–H groups in total. The molecule has 1 aliphatic rings. The van der Waals surface area contributed by atoms with E-state index in [9.17, 15) is 0 Å². The van der Waals surface area contributed by atoms with Gasteiger partial charge in [0.25, 0.3) is 0 Å². The Hall–Kier alpha value is -5.08. The quantitative estimate of drug-likeness (QED) is 0.138. The van der Waals surface area contributed by atoms with Crippen LogP contribution in [0.2, 0.25) is 0 Å². The molecule has 0 amide bonds. The minimum Gasteiger partial charge on any atom is -0.397 e. The van der Waals surface area contributed by atoms with Crippen molar-refractivity contribution in [3.63, 3.8) is 0 Å². The average molecular weight is 729 g/mol. The molecule has 0 saturated carbocycles. The van der Waals surface area contributed by atoms with Crippen molar-refractivity contribution in [3.8, 4) is 44.5 Å². The first-order valence-electron chi connectivity index (χ1n) is 20.5. The zero-order valence-corrected chi connectivity index (χ0v) is 35.0. The Morgan fingerprint density at radius 3 is 1.62 bits per heavy atom. The predicted octanol–water partition coefficient (Wildman–Crippen LogP) is 15.2. The van der Waals surface area contributed by atoms with Crippen molar-refractivity contribution in [2.75, 3.05) is 18.1 Å². The van der Waals surface area contributed by atoms with Gasteiger partial charge in [0.15, 0.2) is 0 Å². The van der Waals surface area contributed by atoms with Crippen LogP contribution in [0.15, 0.2) is 140 Å². The zero-order valence-electron chi connectivity index (χ0n) is 35.0. The van der Waals surface area contributed by atoms with Crippen LogP contribution in [0.4, 0.5) is 11.4 Å². The van der Waals surface area contributed by atoms with Gasteiger partial charge < -0.3 is 11.1 Å². The molecule has 286 valence electrons. The van der Waals surface area contributed by atoms with Gasteiger partial charge in [-0.15, -0.1) is 0 Å². The summed E-state index contributed by atoms with van der Waals surface area (Å²) in [4.78, 5) is 0. The topological polar surface area (TPSA) is 38.0 Å². The summed E-state index contributed by atoms with van der Waals surface area (Å²) in [6.07, 6.45) is 6.20. The van der Waals surface area contributed by atoms with E-state index in [1.54, 1.807) is 0 Å². The number of benzene rings is 6. The highest BCUT2D eigenvalue weighted by Gasteiger charge is 2.29. The van der Waals surface area contributed by atoms with Crippen molar-refractivity contribution in [1.29, 1.82) is 0 Å². The molecule has 0 saturated heterocycles. The third-order valence-corrected chi connectivity index (χ3v) is 11.4. The number of rotatable bonds is 10. The van der Waals surface area contributed by atoms with Crippen LogP contribution < -0.4 is 11.1 Å². The van der Waals surface area contributed by atoms with Crippen LogP contribution >= 0.6 is 0 Å². The fourth-order valence-corrected chi connectivity index (χ4v) is 7.80. The molecule has 0 spiro atoms. The fraction of sp³-hybridized carbons (Fsp3) is 0.321. The Balaban J connectivity index is 0.000000223. The maximum atomic E-state index is 5.93. The van der Waals surface area contributed by atoms with E-state index in [0.29, 0.717) is 11.3 Å². The second kappa shape index (κ2) is 18.5. The summed E-state index contributed by atoms with van der Waals surface area (Å²) in [5.74, 6) is 0.644. The molecule has 0 aromatic heterocycles. The molecule has 0 fully saturated rings. The van der Waals surface area contributed by atoms with Crippen LogP contribution in [0.5, 0.6) is 0 Å². The predicted molar refractivity (Wildman–Crippen MR) is 243 cm³/mol. The second-order valence-electron chi connectivity index (χ2n) is 16.7. The molecule has 1 atom stereocenters. The second-order valence-corrected chi connectivity index (χ2v) is 16.7. The van der Waals surface area contributed by atoms with Crippen LogP contribution in [0, 0.1) is 5.41 Å². The molecule has 2 heteroatoms. The number of anilines is 2. The Labute approximate surface area is 333 Å². The molecule has 55 heavy (non-hydrogen) atoms. The molecule has 6 aromatic carbocycles. The number of nitrogens with one attached hydrogen (secondary N) is 1. The van der Waals surface area contributed by atoms with Gasteiger partial charge in [-0.3, -0.25) is 0 Å². The SMILES string of the molecule is CC1Cc2cccc(-c3cccc(-c4cc(-c5ccccc5)cc(-c5ccccc5)c4)c3)c21.CCC(C)(C)CC(C)(C)c1ccc(N)c(NC)c1.CCCC. The lowest BCUT2D eigenvalue weighted by molar-refractivity contribution is 0.248. The van der Waals surface area contributed by atoms with E-state index in [2.05, 4.69) is 194 Å². The lowest BCUT2D eigenvalue weighted by atomic mass is 9.70. The van der Waals surface area contributed by atoms with Crippen molar-refractivity contribution in [1.82, 2.24) is 0 Å². The Morgan fingerprint density at radius 2 is 1.09 bits per heavy atom. The van der Waals surface area contributed by atoms with Gasteiger partial charge in [0.05, 0.1) is 11.4 Å². The van der Waals surface area contributed by atoms with E-state index in [-0.39, 0.29) is 5.41 Å². The van der Waals surface area contributed by atoms with Crippen LogP contribution in [0.3, 0.4) is 0 Å². The maximum Gasteiger partial charge on any atom is 0.0574 e. The van der Waals surface area contributed by atoms with Crippen molar-refractivity contribution in [2.45, 2.75) is 98.8 Å². The number of hydrogen-bond donors (Lipinski definition) is 2. The molecule has 0 aliphatic heterocycles. The van der Waals surface area contributed by atoms with E-state index < -0.39 is 0 Å². The van der Waals surface area contributed by atoms with Crippen molar-refractivity contribution in [3.05, 3.63) is 156 Å². The standard InChI is InChI=1S/C33H26.C16H28N2.C4H10/c1-23-18-28-16-9-17-32(33(23)28)27-15-8-14-26(19-27)31-21-29(24-10-4-2-5-11-24)20-30(22-31)25-12-6-3-7-13-25;1-7-15(2,3)11-16(4,5)12-8-9-13(17)14(10-12)18-6;1-3-4-2/h2-17,19-23H,18H2,1H3;8-10,18H,7,11,17H2,1-6H3;3-4H2,1-2H3. The first kappa shape index (κ1) is 41.1. The summed E-state index contributed by atoms with van der Waals surface area (Å²) < 4.78 is 0. The van der Waals surface area contributed by atoms with E-state index in [1.807, 2.05) is 13.1 Å². The molecule has 2 nitrogen and oxygen atoms in total. The van der Waals surface area contributed by atoms with Crippen molar-refractivity contribution < 1.29 is 0 Å². The maximum absolute atomic E-state index is 5.93. The third kappa shape index (κ3) is 10.4. The van der Waals surface area contributed by atoms with Gasteiger partial charge in [0.2, 0.25) is 0 Å². The Bertz CT molecular complexity index is 2060. The third-order valence-electron chi connectivity index (χ3n) is 11.4. The van der Waals surface area contributed by atoms with Gasteiger partial charge in [-0.05, 0) is 127 Å². The first-order valence-corrected chi connectivity index (χ1v) is 20.5. The summed E-state index contributed by atoms with van der Waals surface area (Å²) >= 11 is 0. The largest absolute Gasteiger partial charge is 0.397 e. The molecule has 7 rings (SSSR count). The number of nitrogen functional groups attached to an aromatic ring is 1. The highest BCUT2D eigenvalue weighted by atomic mass is 14.8. The van der Waals surface area contributed by atoms with Crippen LogP contribution in [0.25, 0.3) is 44.5 Å². The number of unbranched alkanes of at least 4 members (excludes halogenated alkanes) is 1. The van der Waals surface area contributed by atoms with Crippen LogP contribution in [0.1, 0.15) is 104 Å². The monoisotopic (exact) mass is 729 g/mol. The molecule has 6 aromatic rings. The van der Waals surface area contributed by atoms with E-state index in [1.165, 1.54) is 93.3 Å². The summed E-state index contributed by atoms with van der Waals surface area (Å²) in [5.41, 5.74) is 22.9. The Kier molecular flexibility index (Phi) is 13.8. The van der Waals surface area contributed by atoms with Crippen LogP contribution in [-0.4, -0.2) is 7.05 Å². The zero-order chi connectivity index (χ0) is 39.6. The smallest absolute Gasteiger partial charge is 0.0574 e. The summed E-state index contributed by atoms with van der Waals surface area (Å²) in [6.45, 7) is 18.3. The summed E-state index contributed by atoms with van der Waals surface area (Å²) in [7, 11) is 1.92. The first-order chi connectivity index (χ1) is 26.4. The molecular formula is C53H64N2. The molecular weight excluding hydrogens is 665 g/mol. The molecule has 1 aliphatic carbocycles. The normalized spacial score (nSPS) is 13.3. The minimum atomic E-state index is 0.165. The number of nitrogens with two attached hydrogens (primary N) is 1. The van der Waals surface area contributed by atoms with Crippen molar-refractivity contribution in [2.24, 2.45) is 5.41 Å². The molecule has 0 heterocycles. The Morgan fingerprint density at radius 1 is 0.582 bits per heavy atom. The number of hydrogen-bond acceptors (Lipinski definition) is 2. The van der Waals surface area contributed by atoms with E-state index in [4.69, 9.17) is 5.73 Å². The molecule has 0 radical (unpaired) electrons.